The molecule has 1 fully saturated rings. The van der Waals surface area contributed by atoms with Gasteiger partial charge in [-0.3, -0.25) is 0 Å². The monoisotopic (exact) mass is 265 g/mol. The van der Waals surface area contributed by atoms with Gasteiger partial charge in [0.25, 0.3) is 0 Å². The summed E-state index contributed by atoms with van der Waals surface area (Å²) in [6.07, 6.45) is 2.48. The van der Waals surface area contributed by atoms with Crippen molar-refractivity contribution in [2.24, 2.45) is 0 Å². The van der Waals surface area contributed by atoms with E-state index in [1.807, 2.05) is 37.7 Å². The van der Waals surface area contributed by atoms with Gasteiger partial charge in [0.2, 0.25) is 5.79 Å². The number of nitrogens with one attached hydrogen (secondary N) is 1. The molecule has 0 spiro atoms. The van der Waals surface area contributed by atoms with E-state index in [1.165, 1.54) is 24.3 Å². The van der Waals surface area contributed by atoms with Gasteiger partial charge in [-0.05, 0) is 36.5 Å². The van der Waals surface area contributed by atoms with Crippen LogP contribution in [0, 0.1) is 0 Å². The minimum Gasteiger partial charge on any atom is -0.449 e. The van der Waals surface area contributed by atoms with Crippen LogP contribution in [0.25, 0.3) is 0 Å². The van der Waals surface area contributed by atoms with Crippen LogP contribution in [0.5, 0.6) is 11.5 Å². The number of fused-ring (bicyclic) bond motifs is 1. The molecule has 0 saturated carbocycles. The summed E-state index contributed by atoms with van der Waals surface area (Å²) in [5, 5.41) is 3.59. The predicted molar refractivity (Wildman–Crippen MR) is 75.7 cm³/mol. The quantitative estimate of drug-likeness (QED) is 0.886. The molecule has 0 amide bonds. The maximum atomic E-state index is 5.76. The fourth-order valence-corrected chi connectivity index (χ4v) is 3.50. The Bertz CT molecular complexity index is 441. The number of hydrogen-bond donors (Lipinski definition) is 1. The number of benzene rings is 1. The van der Waals surface area contributed by atoms with Crippen LogP contribution in [0.1, 0.15) is 26.7 Å². The molecule has 2 aliphatic rings. The van der Waals surface area contributed by atoms with E-state index in [0.717, 1.165) is 17.2 Å². The van der Waals surface area contributed by atoms with Crippen molar-refractivity contribution in [1.29, 1.82) is 0 Å². The highest BCUT2D eigenvalue weighted by Gasteiger charge is 2.31. The zero-order chi connectivity index (χ0) is 12.6. The molecule has 3 rings (SSSR count). The second kappa shape index (κ2) is 4.57. The van der Waals surface area contributed by atoms with Crippen LogP contribution in [0.15, 0.2) is 18.2 Å². The molecule has 0 radical (unpaired) electrons. The molecule has 1 saturated heterocycles. The first-order valence-electron chi connectivity index (χ1n) is 6.49. The van der Waals surface area contributed by atoms with Crippen LogP contribution in [-0.4, -0.2) is 23.3 Å². The Morgan fingerprint density at radius 2 is 1.89 bits per heavy atom. The van der Waals surface area contributed by atoms with Crippen molar-refractivity contribution < 1.29 is 9.47 Å². The van der Waals surface area contributed by atoms with Crippen LogP contribution in [0.3, 0.4) is 0 Å². The number of thioether (sulfide) groups is 1. The highest BCUT2D eigenvalue weighted by molar-refractivity contribution is 7.99. The Hall–Kier alpha value is -1.03. The Labute approximate surface area is 112 Å². The Balaban J connectivity index is 1.71. The van der Waals surface area contributed by atoms with E-state index >= 15 is 0 Å². The summed E-state index contributed by atoms with van der Waals surface area (Å²) >= 11 is 2.04. The SMILES string of the molecule is CC1(C)Oc2ccc(NC3CCSCC3)cc2O1. The Kier molecular flexibility index (Phi) is 3.06. The summed E-state index contributed by atoms with van der Waals surface area (Å²) < 4.78 is 11.4. The van der Waals surface area contributed by atoms with Crippen molar-refractivity contribution in [3.63, 3.8) is 0 Å². The van der Waals surface area contributed by atoms with Crippen LogP contribution < -0.4 is 14.8 Å². The maximum Gasteiger partial charge on any atom is 0.246 e. The molecule has 4 heteroatoms. The molecule has 1 aromatic rings. The molecule has 1 aromatic carbocycles. The zero-order valence-electron chi connectivity index (χ0n) is 10.9. The first-order valence-corrected chi connectivity index (χ1v) is 7.64. The third-order valence-electron chi connectivity index (χ3n) is 3.25. The second-order valence-corrected chi connectivity index (χ2v) is 6.52. The molecular formula is C14H19NO2S. The van der Waals surface area contributed by atoms with Gasteiger partial charge >= 0.3 is 0 Å². The van der Waals surface area contributed by atoms with Crippen molar-refractivity contribution in [2.75, 3.05) is 16.8 Å². The fourth-order valence-electron chi connectivity index (χ4n) is 2.39. The van der Waals surface area contributed by atoms with Crippen LogP contribution in [0.4, 0.5) is 5.69 Å². The number of rotatable bonds is 2. The minimum absolute atomic E-state index is 0.539. The number of hydrogen-bond acceptors (Lipinski definition) is 4. The van der Waals surface area contributed by atoms with E-state index in [0.29, 0.717) is 6.04 Å². The van der Waals surface area contributed by atoms with E-state index in [2.05, 4.69) is 11.4 Å². The normalized spacial score (nSPS) is 21.9. The van der Waals surface area contributed by atoms with Crippen molar-refractivity contribution in [2.45, 2.75) is 38.5 Å². The molecule has 98 valence electrons. The van der Waals surface area contributed by atoms with Crippen molar-refractivity contribution in [1.82, 2.24) is 0 Å². The summed E-state index contributed by atoms with van der Waals surface area (Å²) in [6.45, 7) is 3.86. The Morgan fingerprint density at radius 3 is 2.67 bits per heavy atom. The lowest BCUT2D eigenvalue weighted by molar-refractivity contribution is -0.0431. The van der Waals surface area contributed by atoms with Gasteiger partial charge in [0, 0.05) is 31.6 Å². The minimum atomic E-state index is -0.539. The number of anilines is 1. The van der Waals surface area contributed by atoms with Gasteiger partial charge in [0.15, 0.2) is 11.5 Å². The lowest BCUT2D eigenvalue weighted by atomic mass is 10.1. The molecule has 2 aliphatic heterocycles. The smallest absolute Gasteiger partial charge is 0.246 e. The fraction of sp³-hybridized carbons (Fsp3) is 0.571. The summed E-state index contributed by atoms with van der Waals surface area (Å²) in [6, 6.07) is 6.71. The number of ether oxygens (including phenoxy) is 2. The van der Waals surface area contributed by atoms with Crippen LogP contribution in [-0.2, 0) is 0 Å². The van der Waals surface area contributed by atoms with Gasteiger partial charge in [-0.15, -0.1) is 0 Å². The highest BCUT2D eigenvalue weighted by Crippen LogP contribution is 2.40. The van der Waals surface area contributed by atoms with Gasteiger partial charge in [-0.1, -0.05) is 0 Å². The third kappa shape index (κ3) is 2.53. The second-order valence-electron chi connectivity index (χ2n) is 5.30. The van der Waals surface area contributed by atoms with E-state index < -0.39 is 5.79 Å². The van der Waals surface area contributed by atoms with E-state index in [9.17, 15) is 0 Å². The molecule has 2 heterocycles. The predicted octanol–water partition coefficient (Wildman–Crippen LogP) is 3.50. The molecule has 0 unspecified atom stereocenters. The summed E-state index contributed by atoms with van der Waals surface area (Å²) in [7, 11) is 0. The summed E-state index contributed by atoms with van der Waals surface area (Å²) in [5.74, 6) is 3.66. The van der Waals surface area contributed by atoms with E-state index in [4.69, 9.17) is 9.47 Å². The standard InChI is InChI=1S/C14H19NO2S/c1-14(2)16-12-4-3-11(9-13(12)17-14)15-10-5-7-18-8-6-10/h3-4,9-10,15H,5-8H2,1-2H3. The molecule has 3 nitrogen and oxygen atoms in total. The average Bonchev–Trinajstić information content (AvgIpc) is 2.63. The van der Waals surface area contributed by atoms with Crippen LogP contribution >= 0.6 is 11.8 Å². The van der Waals surface area contributed by atoms with Gasteiger partial charge in [-0.2, -0.15) is 11.8 Å². The molecule has 0 aromatic heterocycles. The lowest BCUT2D eigenvalue weighted by Gasteiger charge is -2.23. The molecule has 18 heavy (non-hydrogen) atoms. The summed E-state index contributed by atoms with van der Waals surface area (Å²) in [5.41, 5.74) is 1.13. The molecule has 0 aliphatic carbocycles. The maximum absolute atomic E-state index is 5.76. The molecule has 0 atom stereocenters. The zero-order valence-corrected chi connectivity index (χ0v) is 11.7. The first-order chi connectivity index (χ1) is 8.62. The average molecular weight is 265 g/mol. The van der Waals surface area contributed by atoms with E-state index in [1.54, 1.807) is 0 Å². The van der Waals surface area contributed by atoms with Gasteiger partial charge < -0.3 is 14.8 Å². The Morgan fingerprint density at radius 1 is 1.17 bits per heavy atom. The molecule has 1 N–H and O–H groups in total. The first kappa shape index (κ1) is 12.0. The van der Waals surface area contributed by atoms with Crippen molar-refractivity contribution in [3.05, 3.63) is 18.2 Å². The van der Waals surface area contributed by atoms with Gasteiger partial charge in [0.05, 0.1) is 0 Å². The van der Waals surface area contributed by atoms with Gasteiger partial charge in [-0.25, -0.2) is 0 Å². The van der Waals surface area contributed by atoms with Crippen LogP contribution in [0.2, 0.25) is 0 Å². The topological polar surface area (TPSA) is 30.5 Å². The highest BCUT2D eigenvalue weighted by atomic mass is 32.2. The van der Waals surface area contributed by atoms with Crippen molar-refractivity contribution in [3.8, 4) is 11.5 Å². The van der Waals surface area contributed by atoms with Crippen molar-refractivity contribution >= 4 is 17.4 Å². The van der Waals surface area contributed by atoms with E-state index in [-0.39, 0.29) is 0 Å². The lowest BCUT2D eigenvalue weighted by Crippen LogP contribution is -2.29. The summed E-state index contributed by atoms with van der Waals surface area (Å²) in [4.78, 5) is 0. The molecular weight excluding hydrogens is 246 g/mol. The third-order valence-corrected chi connectivity index (χ3v) is 4.30. The van der Waals surface area contributed by atoms with Gasteiger partial charge in [0.1, 0.15) is 0 Å². The largest absolute Gasteiger partial charge is 0.449 e. The molecule has 0 bridgehead atoms.